The van der Waals surface area contributed by atoms with E-state index in [1.165, 1.54) is 17.5 Å². The number of pyridine rings is 1. The van der Waals surface area contributed by atoms with Gasteiger partial charge in [0.05, 0.1) is 17.5 Å². The highest BCUT2D eigenvalue weighted by atomic mass is 32.1. The Morgan fingerprint density at radius 2 is 1.92 bits per heavy atom. The second-order valence-corrected chi connectivity index (χ2v) is 5.82. The quantitative estimate of drug-likeness (QED) is 0.772. The summed E-state index contributed by atoms with van der Waals surface area (Å²) in [6.07, 6.45) is 2.28. The van der Waals surface area contributed by atoms with Crippen molar-refractivity contribution in [2.45, 2.75) is 6.92 Å². The molecular formula is C16H10F3N3OS. The van der Waals surface area contributed by atoms with Gasteiger partial charge in [-0.05, 0) is 30.7 Å². The number of hydrogen-bond donors (Lipinski definition) is 1. The Kier molecular flexibility index (Phi) is 4.30. The number of nitrogens with one attached hydrogen (secondary N) is 1. The molecule has 24 heavy (non-hydrogen) atoms. The van der Waals surface area contributed by atoms with Gasteiger partial charge in [0, 0.05) is 17.1 Å². The normalized spacial score (nSPS) is 10.7. The smallest absolute Gasteiger partial charge is 0.260 e. The number of amides is 1. The summed E-state index contributed by atoms with van der Waals surface area (Å²) in [5.41, 5.74) is 0.568. The van der Waals surface area contributed by atoms with E-state index < -0.39 is 28.9 Å². The van der Waals surface area contributed by atoms with E-state index in [1.807, 2.05) is 0 Å². The van der Waals surface area contributed by atoms with Crippen LogP contribution in [0.15, 0.2) is 36.0 Å². The number of rotatable bonds is 3. The number of nitrogens with zero attached hydrogens (tertiary/aromatic N) is 2. The minimum atomic E-state index is -1.28. The number of benzene rings is 1. The predicted molar refractivity (Wildman–Crippen MR) is 84.4 cm³/mol. The first-order valence-corrected chi connectivity index (χ1v) is 7.65. The Bertz CT molecular complexity index is 927. The number of thiazole rings is 1. The van der Waals surface area contributed by atoms with Crippen LogP contribution < -0.4 is 5.32 Å². The van der Waals surface area contributed by atoms with Gasteiger partial charge in [0.2, 0.25) is 0 Å². The summed E-state index contributed by atoms with van der Waals surface area (Å²) in [4.78, 5) is 19.9. The lowest BCUT2D eigenvalue weighted by molar-refractivity contribution is 0.102. The molecule has 0 unspecified atom stereocenters. The number of anilines is 1. The molecule has 2 aromatic heterocycles. The summed E-state index contributed by atoms with van der Waals surface area (Å²) in [5.74, 6) is -3.96. The molecule has 3 rings (SSSR count). The highest BCUT2D eigenvalue weighted by Gasteiger charge is 2.19. The summed E-state index contributed by atoms with van der Waals surface area (Å²) in [6.45, 7) is 1.74. The van der Waals surface area contributed by atoms with Crippen molar-refractivity contribution in [3.8, 4) is 11.1 Å². The zero-order valence-electron chi connectivity index (χ0n) is 12.3. The first kappa shape index (κ1) is 16.1. The van der Waals surface area contributed by atoms with Gasteiger partial charge >= 0.3 is 0 Å². The zero-order chi connectivity index (χ0) is 17.3. The molecule has 0 atom stereocenters. The van der Waals surface area contributed by atoms with Gasteiger partial charge in [-0.15, -0.1) is 11.3 Å². The van der Waals surface area contributed by atoms with E-state index in [-0.39, 0.29) is 16.3 Å². The molecule has 0 fully saturated rings. The number of hydrogen-bond acceptors (Lipinski definition) is 4. The van der Waals surface area contributed by atoms with Crippen LogP contribution in [-0.2, 0) is 0 Å². The lowest BCUT2D eigenvalue weighted by Gasteiger charge is -2.08. The van der Waals surface area contributed by atoms with Crippen LogP contribution in [0.5, 0.6) is 0 Å². The second-order valence-electron chi connectivity index (χ2n) is 4.96. The molecule has 0 saturated carbocycles. The number of carbonyl (C=O) groups excluding carboxylic acids is 1. The second kappa shape index (κ2) is 6.40. The van der Waals surface area contributed by atoms with Crippen LogP contribution in [0.2, 0.25) is 0 Å². The van der Waals surface area contributed by atoms with Gasteiger partial charge in [-0.25, -0.2) is 18.2 Å². The molecule has 0 aliphatic carbocycles. The average molecular weight is 349 g/mol. The van der Waals surface area contributed by atoms with Crippen molar-refractivity contribution >= 4 is 22.4 Å². The van der Waals surface area contributed by atoms with Crippen molar-refractivity contribution in [2.24, 2.45) is 0 Å². The Morgan fingerprint density at radius 3 is 2.58 bits per heavy atom. The molecule has 2 heterocycles. The van der Waals surface area contributed by atoms with E-state index in [9.17, 15) is 18.0 Å². The van der Waals surface area contributed by atoms with Crippen molar-refractivity contribution in [1.29, 1.82) is 0 Å². The molecule has 3 aromatic rings. The fourth-order valence-electron chi connectivity index (χ4n) is 2.07. The van der Waals surface area contributed by atoms with E-state index in [2.05, 4.69) is 15.3 Å². The maximum atomic E-state index is 14.0. The highest BCUT2D eigenvalue weighted by Crippen LogP contribution is 2.25. The highest BCUT2D eigenvalue weighted by molar-refractivity contribution is 7.13. The third kappa shape index (κ3) is 3.28. The van der Waals surface area contributed by atoms with Crippen LogP contribution in [-0.4, -0.2) is 15.9 Å². The topological polar surface area (TPSA) is 54.9 Å². The molecule has 1 aromatic carbocycles. The molecule has 0 saturated heterocycles. The third-order valence-electron chi connectivity index (χ3n) is 3.15. The van der Waals surface area contributed by atoms with Crippen LogP contribution in [0.1, 0.15) is 16.1 Å². The van der Waals surface area contributed by atoms with Crippen LogP contribution in [0.4, 0.5) is 18.3 Å². The summed E-state index contributed by atoms with van der Waals surface area (Å²) >= 11 is 1.17. The van der Waals surface area contributed by atoms with E-state index >= 15 is 0 Å². The number of aromatic nitrogens is 2. The van der Waals surface area contributed by atoms with Gasteiger partial charge < -0.3 is 0 Å². The van der Waals surface area contributed by atoms with Gasteiger partial charge in [0.25, 0.3) is 5.91 Å². The first-order chi connectivity index (χ1) is 11.4. The molecule has 4 nitrogen and oxygen atoms in total. The Balaban J connectivity index is 1.99. The third-order valence-corrected chi connectivity index (χ3v) is 4.03. The maximum absolute atomic E-state index is 14.0. The van der Waals surface area contributed by atoms with Gasteiger partial charge in [-0.1, -0.05) is 0 Å². The van der Waals surface area contributed by atoms with Crippen LogP contribution >= 0.6 is 11.3 Å². The Morgan fingerprint density at radius 1 is 1.12 bits per heavy atom. The molecule has 0 aliphatic heterocycles. The molecule has 0 aliphatic rings. The average Bonchev–Trinajstić information content (AvgIpc) is 2.94. The van der Waals surface area contributed by atoms with Crippen molar-refractivity contribution in [1.82, 2.24) is 9.97 Å². The van der Waals surface area contributed by atoms with Gasteiger partial charge in [0.15, 0.2) is 16.8 Å². The molecule has 122 valence electrons. The zero-order valence-corrected chi connectivity index (χ0v) is 13.1. The van der Waals surface area contributed by atoms with Crippen molar-refractivity contribution in [3.05, 3.63) is 64.7 Å². The van der Waals surface area contributed by atoms with E-state index in [0.717, 1.165) is 24.4 Å². The largest absolute Gasteiger partial charge is 0.298 e. The lowest BCUT2D eigenvalue weighted by atomic mass is 10.0. The van der Waals surface area contributed by atoms with Crippen molar-refractivity contribution in [2.75, 3.05) is 5.32 Å². The van der Waals surface area contributed by atoms with Crippen LogP contribution in [0.3, 0.4) is 0 Å². The molecule has 0 spiro atoms. The van der Waals surface area contributed by atoms with Crippen molar-refractivity contribution in [3.63, 3.8) is 0 Å². The molecule has 0 radical (unpaired) electrons. The number of aryl methyl sites for hydroxylation is 1. The molecular weight excluding hydrogens is 339 g/mol. The molecule has 0 bridgehead atoms. The van der Waals surface area contributed by atoms with Crippen molar-refractivity contribution < 1.29 is 18.0 Å². The molecule has 1 amide bonds. The fourth-order valence-corrected chi connectivity index (χ4v) is 2.75. The van der Waals surface area contributed by atoms with E-state index in [4.69, 9.17) is 0 Å². The Labute approximate surface area is 139 Å². The standard InChI is InChI=1S/C16H10F3N3OS/c1-8-7-24-16(21-8)22-15(23)12-3-9(4-13(18)14(12)19)10-2-11(17)6-20-5-10/h2-7H,1H3,(H,21,22,23). The van der Waals surface area contributed by atoms with Gasteiger partial charge in [0.1, 0.15) is 5.82 Å². The van der Waals surface area contributed by atoms with Gasteiger partial charge in [-0.2, -0.15) is 0 Å². The SMILES string of the molecule is Cc1csc(NC(=O)c2cc(-c3cncc(F)c3)cc(F)c2F)n1. The number of carbonyl (C=O) groups is 1. The molecule has 8 heteroatoms. The summed E-state index contributed by atoms with van der Waals surface area (Å²) < 4.78 is 41.1. The Hall–Kier alpha value is -2.74. The maximum Gasteiger partial charge on any atom is 0.260 e. The molecule has 1 N–H and O–H groups in total. The summed E-state index contributed by atoms with van der Waals surface area (Å²) in [7, 11) is 0. The predicted octanol–water partition coefficient (Wildman–Crippen LogP) is 4.18. The monoisotopic (exact) mass is 349 g/mol. The fraction of sp³-hybridized carbons (Fsp3) is 0.0625. The van der Waals surface area contributed by atoms with Crippen LogP contribution in [0.25, 0.3) is 11.1 Å². The van der Waals surface area contributed by atoms with E-state index in [0.29, 0.717) is 5.69 Å². The lowest BCUT2D eigenvalue weighted by Crippen LogP contribution is -2.15. The summed E-state index contributed by atoms with van der Waals surface area (Å²) in [5, 5.41) is 4.39. The van der Waals surface area contributed by atoms with E-state index in [1.54, 1.807) is 12.3 Å². The number of halogens is 3. The van der Waals surface area contributed by atoms with Crippen LogP contribution in [0, 0.1) is 24.4 Å². The minimum absolute atomic E-state index is 0.140. The first-order valence-electron chi connectivity index (χ1n) is 6.77. The minimum Gasteiger partial charge on any atom is -0.298 e. The summed E-state index contributed by atoms with van der Waals surface area (Å²) in [6, 6.07) is 3.15. The van der Waals surface area contributed by atoms with Gasteiger partial charge in [-0.3, -0.25) is 15.1 Å².